The highest BCUT2D eigenvalue weighted by Gasteiger charge is 2.31. The molecule has 3 saturated heterocycles. The maximum absolute atomic E-state index is 5.62. The Morgan fingerprint density at radius 1 is 0.971 bits per heavy atom. The standard InChI is InChI=1S/C26H34N6O3/c1-17-10-20-13-27-32(23(20)11-22(17)19-4-6-30(7-5-19)21-15-35-16-21)25-12-24(28-26(29-25)33-3)31-8-9-34-14-18(31)2/h10-13,18-19,21H,4-9,14-16H2,1-3H3/t18-/m0/s1. The summed E-state index contributed by atoms with van der Waals surface area (Å²) in [4.78, 5) is 14.1. The number of ether oxygens (including phenoxy) is 3. The van der Waals surface area contributed by atoms with E-state index in [9.17, 15) is 0 Å². The zero-order chi connectivity index (χ0) is 23.9. The number of rotatable bonds is 5. The lowest BCUT2D eigenvalue weighted by Gasteiger charge is -2.41. The second-order valence-electron chi connectivity index (χ2n) is 10.0. The molecule has 3 aliphatic rings. The molecule has 5 heterocycles. The minimum absolute atomic E-state index is 0.234. The first-order chi connectivity index (χ1) is 17.1. The fraction of sp³-hybridized carbons (Fsp3) is 0.577. The van der Waals surface area contributed by atoms with Gasteiger partial charge in [0.05, 0.1) is 57.3 Å². The zero-order valence-electron chi connectivity index (χ0n) is 20.8. The summed E-state index contributed by atoms with van der Waals surface area (Å²) >= 11 is 0. The van der Waals surface area contributed by atoms with Crippen LogP contribution in [0.4, 0.5) is 5.82 Å². The van der Waals surface area contributed by atoms with Crippen molar-refractivity contribution in [3.8, 4) is 11.8 Å². The molecule has 6 rings (SSSR count). The molecule has 9 heteroatoms. The van der Waals surface area contributed by atoms with E-state index >= 15 is 0 Å². The van der Waals surface area contributed by atoms with Gasteiger partial charge in [0.25, 0.3) is 0 Å². The second kappa shape index (κ2) is 9.37. The predicted octanol–water partition coefficient (Wildman–Crippen LogP) is 2.94. The quantitative estimate of drug-likeness (QED) is 0.554. The monoisotopic (exact) mass is 478 g/mol. The number of nitrogens with zero attached hydrogens (tertiary/aromatic N) is 6. The normalized spacial score (nSPS) is 22.5. The molecule has 0 unspecified atom stereocenters. The molecule has 0 N–H and O–H groups in total. The third kappa shape index (κ3) is 4.26. The van der Waals surface area contributed by atoms with Crippen molar-refractivity contribution in [1.29, 1.82) is 0 Å². The van der Waals surface area contributed by atoms with Gasteiger partial charge < -0.3 is 19.1 Å². The lowest BCUT2D eigenvalue weighted by Crippen LogP contribution is -2.51. The van der Waals surface area contributed by atoms with Gasteiger partial charge in [0.1, 0.15) is 5.82 Å². The maximum atomic E-state index is 5.62. The van der Waals surface area contributed by atoms with Crippen molar-refractivity contribution < 1.29 is 14.2 Å². The summed E-state index contributed by atoms with van der Waals surface area (Å²) in [5.41, 5.74) is 3.83. The number of fused-ring (bicyclic) bond motifs is 1. The van der Waals surface area contributed by atoms with Crippen LogP contribution < -0.4 is 9.64 Å². The third-order valence-corrected chi connectivity index (χ3v) is 7.80. The molecule has 3 aromatic rings. The first-order valence-corrected chi connectivity index (χ1v) is 12.7. The SMILES string of the molecule is COc1nc(N2CCOC[C@@H]2C)cc(-n2ncc3cc(C)c(C4CCN(C5COC5)CC4)cc32)n1. The molecule has 3 aliphatic heterocycles. The van der Waals surface area contributed by atoms with E-state index in [0.29, 0.717) is 31.2 Å². The first-order valence-electron chi connectivity index (χ1n) is 12.7. The molecule has 0 aliphatic carbocycles. The van der Waals surface area contributed by atoms with E-state index < -0.39 is 0 Å². The maximum Gasteiger partial charge on any atom is 0.320 e. The number of piperidine rings is 1. The summed E-state index contributed by atoms with van der Waals surface area (Å²) in [5.74, 6) is 2.12. The van der Waals surface area contributed by atoms with Gasteiger partial charge in [0.2, 0.25) is 0 Å². The zero-order valence-corrected chi connectivity index (χ0v) is 20.8. The van der Waals surface area contributed by atoms with Gasteiger partial charge in [-0.15, -0.1) is 0 Å². The Morgan fingerprint density at radius 3 is 2.49 bits per heavy atom. The Hall–Kier alpha value is -2.75. The molecule has 186 valence electrons. The highest BCUT2D eigenvalue weighted by atomic mass is 16.5. The highest BCUT2D eigenvalue weighted by Crippen LogP contribution is 2.35. The largest absolute Gasteiger partial charge is 0.467 e. The summed E-state index contributed by atoms with van der Waals surface area (Å²) in [5, 5.41) is 5.85. The van der Waals surface area contributed by atoms with E-state index in [2.05, 4.69) is 45.7 Å². The number of hydrogen-bond donors (Lipinski definition) is 0. The molecule has 0 saturated carbocycles. The summed E-state index contributed by atoms with van der Waals surface area (Å²) in [6.07, 6.45) is 4.28. The first kappa shape index (κ1) is 22.7. The van der Waals surface area contributed by atoms with E-state index in [4.69, 9.17) is 19.3 Å². The fourth-order valence-electron chi connectivity index (χ4n) is 5.65. The molecule has 1 aromatic carbocycles. The van der Waals surface area contributed by atoms with Crippen LogP contribution in [0.15, 0.2) is 24.4 Å². The lowest BCUT2D eigenvalue weighted by molar-refractivity contribution is -0.0712. The highest BCUT2D eigenvalue weighted by molar-refractivity contribution is 5.82. The van der Waals surface area contributed by atoms with E-state index in [-0.39, 0.29) is 6.04 Å². The molecule has 0 spiro atoms. The Bertz CT molecular complexity index is 1200. The van der Waals surface area contributed by atoms with Crippen LogP contribution in [0.5, 0.6) is 6.01 Å². The average molecular weight is 479 g/mol. The van der Waals surface area contributed by atoms with Crippen molar-refractivity contribution in [3.05, 3.63) is 35.5 Å². The van der Waals surface area contributed by atoms with Crippen LogP contribution in [0.3, 0.4) is 0 Å². The second-order valence-corrected chi connectivity index (χ2v) is 10.0. The molecule has 2 aromatic heterocycles. The van der Waals surface area contributed by atoms with Crippen LogP contribution in [-0.2, 0) is 9.47 Å². The Kier molecular flexibility index (Phi) is 6.07. The number of morpholine rings is 1. The van der Waals surface area contributed by atoms with Crippen molar-refractivity contribution in [2.24, 2.45) is 0 Å². The fourth-order valence-corrected chi connectivity index (χ4v) is 5.65. The number of hydrogen-bond acceptors (Lipinski definition) is 8. The van der Waals surface area contributed by atoms with Crippen molar-refractivity contribution in [2.75, 3.05) is 58.1 Å². The number of aromatic nitrogens is 4. The van der Waals surface area contributed by atoms with Gasteiger partial charge in [-0.2, -0.15) is 15.1 Å². The van der Waals surface area contributed by atoms with E-state index in [0.717, 1.165) is 55.4 Å². The lowest BCUT2D eigenvalue weighted by atomic mass is 9.85. The molecule has 0 radical (unpaired) electrons. The van der Waals surface area contributed by atoms with E-state index in [1.807, 2.05) is 16.9 Å². The van der Waals surface area contributed by atoms with Gasteiger partial charge in [-0.3, -0.25) is 4.90 Å². The van der Waals surface area contributed by atoms with Gasteiger partial charge in [-0.05, 0) is 69.0 Å². The molecular weight excluding hydrogens is 444 g/mol. The van der Waals surface area contributed by atoms with Crippen molar-refractivity contribution >= 4 is 16.7 Å². The van der Waals surface area contributed by atoms with Gasteiger partial charge in [0.15, 0.2) is 5.82 Å². The van der Waals surface area contributed by atoms with Gasteiger partial charge in [-0.25, -0.2) is 4.68 Å². The van der Waals surface area contributed by atoms with Crippen molar-refractivity contribution in [2.45, 2.75) is 44.7 Å². The molecule has 1 atom stereocenters. The Balaban J connectivity index is 1.33. The van der Waals surface area contributed by atoms with Gasteiger partial charge >= 0.3 is 6.01 Å². The van der Waals surface area contributed by atoms with Crippen LogP contribution in [0, 0.1) is 6.92 Å². The topological polar surface area (TPSA) is 77.8 Å². The average Bonchev–Trinajstić information content (AvgIpc) is 3.25. The number of methoxy groups -OCH3 is 1. The Morgan fingerprint density at radius 2 is 1.77 bits per heavy atom. The molecule has 0 amide bonds. The minimum Gasteiger partial charge on any atom is -0.467 e. The van der Waals surface area contributed by atoms with Crippen LogP contribution in [0.1, 0.15) is 36.8 Å². The van der Waals surface area contributed by atoms with E-state index in [1.165, 1.54) is 24.0 Å². The summed E-state index contributed by atoms with van der Waals surface area (Å²) < 4.78 is 18.4. The summed E-state index contributed by atoms with van der Waals surface area (Å²) in [6.45, 7) is 10.6. The molecule has 35 heavy (non-hydrogen) atoms. The molecule has 0 bridgehead atoms. The van der Waals surface area contributed by atoms with Crippen LogP contribution >= 0.6 is 0 Å². The van der Waals surface area contributed by atoms with Crippen molar-refractivity contribution in [1.82, 2.24) is 24.6 Å². The number of anilines is 1. The van der Waals surface area contributed by atoms with Crippen LogP contribution in [0.2, 0.25) is 0 Å². The summed E-state index contributed by atoms with van der Waals surface area (Å²) in [7, 11) is 1.61. The molecule has 3 fully saturated rings. The van der Waals surface area contributed by atoms with E-state index in [1.54, 1.807) is 7.11 Å². The van der Waals surface area contributed by atoms with Gasteiger partial charge in [0, 0.05) is 18.0 Å². The predicted molar refractivity (Wildman–Crippen MR) is 134 cm³/mol. The van der Waals surface area contributed by atoms with Crippen LogP contribution in [0.25, 0.3) is 16.7 Å². The Labute approximate surface area is 206 Å². The smallest absolute Gasteiger partial charge is 0.320 e. The molecular formula is C26H34N6O3. The van der Waals surface area contributed by atoms with Crippen LogP contribution in [-0.4, -0.2) is 89.9 Å². The number of benzene rings is 1. The molecule has 9 nitrogen and oxygen atoms in total. The summed E-state index contributed by atoms with van der Waals surface area (Å²) in [6, 6.07) is 7.81. The number of aryl methyl sites for hydroxylation is 1. The third-order valence-electron chi connectivity index (χ3n) is 7.80. The van der Waals surface area contributed by atoms with Gasteiger partial charge in [-0.1, -0.05) is 0 Å². The van der Waals surface area contributed by atoms with Crippen molar-refractivity contribution in [3.63, 3.8) is 0 Å². The number of likely N-dealkylation sites (tertiary alicyclic amines) is 1. The minimum atomic E-state index is 0.234.